The predicted octanol–water partition coefficient (Wildman–Crippen LogP) is 3.18. The van der Waals surface area contributed by atoms with Crippen LogP contribution in [0.1, 0.15) is 48.2 Å². The first-order valence-corrected chi connectivity index (χ1v) is 14.8. The van der Waals surface area contributed by atoms with Crippen molar-refractivity contribution in [3.05, 3.63) is 78.2 Å². The first-order valence-electron chi connectivity index (χ1n) is 14.8. The second-order valence-electron chi connectivity index (χ2n) is 11.4. The fraction of sp³-hybridized carbons (Fsp3) is 0.375. The Kier molecular flexibility index (Phi) is 8.60. The van der Waals surface area contributed by atoms with Crippen LogP contribution in [0.3, 0.4) is 0 Å². The molecule has 2 fully saturated rings. The maximum atomic E-state index is 14.7. The zero-order chi connectivity index (χ0) is 30.6. The summed E-state index contributed by atoms with van der Waals surface area (Å²) in [5.41, 5.74) is 8.74. The van der Waals surface area contributed by atoms with Crippen LogP contribution in [0.15, 0.2) is 67.0 Å². The van der Waals surface area contributed by atoms with Crippen molar-refractivity contribution in [3.63, 3.8) is 0 Å². The second kappa shape index (κ2) is 12.9. The number of ether oxygens (including phenoxy) is 1. The van der Waals surface area contributed by atoms with Crippen molar-refractivity contribution in [1.82, 2.24) is 30.2 Å². The van der Waals surface area contributed by atoms with Crippen molar-refractivity contribution >= 4 is 28.6 Å². The summed E-state index contributed by atoms with van der Waals surface area (Å²) >= 11 is 0. The minimum atomic E-state index is -1.33. The lowest BCUT2D eigenvalue weighted by Gasteiger charge is -2.34. The Morgan fingerprint density at radius 2 is 1.84 bits per heavy atom. The highest BCUT2D eigenvalue weighted by Crippen LogP contribution is 2.28. The second-order valence-corrected chi connectivity index (χ2v) is 11.4. The van der Waals surface area contributed by atoms with E-state index >= 15 is 0 Å². The number of alkyl halides is 1. The molecule has 11 nitrogen and oxygen atoms in total. The van der Waals surface area contributed by atoms with Gasteiger partial charge in [0.15, 0.2) is 5.69 Å². The van der Waals surface area contributed by atoms with E-state index in [0.717, 1.165) is 42.4 Å². The van der Waals surface area contributed by atoms with Crippen LogP contribution in [0.25, 0.3) is 22.0 Å². The minimum absolute atomic E-state index is 0.00888. The predicted molar refractivity (Wildman–Crippen MR) is 160 cm³/mol. The number of amides is 3. The Morgan fingerprint density at radius 3 is 2.61 bits per heavy atom. The van der Waals surface area contributed by atoms with Crippen molar-refractivity contribution < 1.29 is 23.5 Å². The van der Waals surface area contributed by atoms with E-state index in [4.69, 9.17) is 10.5 Å². The molecular formula is C32H34FN7O4. The molecule has 3 N–H and O–H groups in total. The molecule has 0 radical (unpaired) electrons. The van der Waals surface area contributed by atoms with Gasteiger partial charge in [-0.2, -0.15) is 15.3 Å². The minimum Gasteiger partial charge on any atom is -0.371 e. The number of hydrogen-bond acceptors (Lipinski definition) is 7. The van der Waals surface area contributed by atoms with E-state index in [9.17, 15) is 18.8 Å². The van der Waals surface area contributed by atoms with Gasteiger partial charge in [0, 0.05) is 17.4 Å². The number of carbonyl (C=O) groups excluding carboxylic acids is 3. The number of aromatic nitrogens is 4. The molecule has 3 amide bonds. The molecule has 1 saturated carbocycles. The molecular weight excluding hydrogens is 565 g/mol. The molecule has 4 atom stereocenters. The normalized spacial score (nSPS) is 21.8. The average Bonchev–Trinajstić information content (AvgIpc) is 3.62. The van der Waals surface area contributed by atoms with Crippen LogP contribution in [0.5, 0.6) is 0 Å². The molecule has 44 heavy (non-hydrogen) atoms. The van der Waals surface area contributed by atoms with Crippen LogP contribution in [-0.4, -0.2) is 73.5 Å². The third-order valence-electron chi connectivity index (χ3n) is 8.40. The monoisotopic (exact) mass is 599 g/mol. The van der Waals surface area contributed by atoms with Crippen LogP contribution in [0.2, 0.25) is 0 Å². The standard InChI is InChI=1S/C32H34FN7O4/c33-23-15-27(32(43)37-25-8-4-5-9-28(25)44-19-20-6-2-1-3-7-20)39(17-23)29(41)18-40-26-11-10-21(22-12-13-35-36-16-22)14-24(26)30(38-40)31(34)42/h1-3,6-7,10-14,16,23,25,27-28H,4-5,8-9,15,17-19H2,(H2,34,42)(H,37,43)/t23-,25+,27+,28+/m1/s1. The highest BCUT2D eigenvalue weighted by atomic mass is 19.1. The number of primary amides is 1. The molecule has 0 bridgehead atoms. The molecule has 3 heterocycles. The summed E-state index contributed by atoms with van der Waals surface area (Å²) in [6.07, 6.45) is 5.06. The van der Waals surface area contributed by atoms with Crippen molar-refractivity contribution in [3.8, 4) is 11.1 Å². The van der Waals surface area contributed by atoms with Gasteiger partial charge in [0.25, 0.3) is 5.91 Å². The molecule has 6 rings (SSSR count). The zero-order valence-electron chi connectivity index (χ0n) is 24.1. The largest absolute Gasteiger partial charge is 0.371 e. The highest BCUT2D eigenvalue weighted by Gasteiger charge is 2.41. The number of nitrogens with one attached hydrogen (secondary N) is 1. The smallest absolute Gasteiger partial charge is 0.269 e. The number of carbonyl (C=O) groups is 3. The lowest BCUT2D eigenvalue weighted by Crippen LogP contribution is -2.53. The Labute approximate surface area is 253 Å². The number of hydrogen-bond donors (Lipinski definition) is 2. The number of likely N-dealkylation sites (tertiary alicyclic amines) is 1. The molecule has 1 aliphatic carbocycles. The van der Waals surface area contributed by atoms with Crippen molar-refractivity contribution in [1.29, 1.82) is 0 Å². The van der Waals surface area contributed by atoms with Crippen LogP contribution in [-0.2, 0) is 27.5 Å². The lowest BCUT2D eigenvalue weighted by atomic mass is 9.92. The first-order chi connectivity index (χ1) is 21.4. The van der Waals surface area contributed by atoms with Gasteiger partial charge < -0.3 is 20.7 Å². The molecule has 0 spiro atoms. The first kappa shape index (κ1) is 29.4. The lowest BCUT2D eigenvalue weighted by molar-refractivity contribution is -0.140. The third kappa shape index (κ3) is 6.30. The van der Waals surface area contributed by atoms with E-state index in [1.807, 2.05) is 36.4 Å². The summed E-state index contributed by atoms with van der Waals surface area (Å²) in [7, 11) is 0. The number of nitrogens with two attached hydrogens (primary N) is 1. The van der Waals surface area contributed by atoms with Gasteiger partial charge in [-0.05, 0) is 42.2 Å². The van der Waals surface area contributed by atoms with Crippen molar-refractivity contribution in [2.75, 3.05) is 6.54 Å². The number of rotatable bonds is 9. The van der Waals surface area contributed by atoms with Gasteiger partial charge in [0.2, 0.25) is 11.8 Å². The summed E-state index contributed by atoms with van der Waals surface area (Å²) in [6.45, 7) is -0.0518. The van der Waals surface area contributed by atoms with Crippen molar-refractivity contribution in [2.24, 2.45) is 5.73 Å². The quantitative estimate of drug-likeness (QED) is 0.301. The van der Waals surface area contributed by atoms with Gasteiger partial charge in [-0.15, -0.1) is 0 Å². The Balaban J connectivity index is 1.17. The summed E-state index contributed by atoms with van der Waals surface area (Å²) < 4.78 is 22.3. The van der Waals surface area contributed by atoms with Crippen LogP contribution in [0.4, 0.5) is 4.39 Å². The maximum absolute atomic E-state index is 14.7. The molecule has 228 valence electrons. The zero-order valence-corrected chi connectivity index (χ0v) is 24.1. The van der Waals surface area contributed by atoms with E-state index in [0.29, 0.717) is 17.5 Å². The third-order valence-corrected chi connectivity index (χ3v) is 8.40. The molecule has 2 aliphatic rings. The van der Waals surface area contributed by atoms with Crippen LogP contribution < -0.4 is 11.1 Å². The topological polar surface area (TPSA) is 145 Å². The van der Waals surface area contributed by atoms with Gasteiger partial charge in [-0.3, -0.25) is 19.1 Å². The summed E-state index contributed by atoms with van der Waals surface area (Å²) in [5.74, 6) is -1.61. The van der Waals surface area contributed by atoms with E-state index in [2.05, 4.69) is 20.6 Å². The number of benzene rings is 2. The Morgan fingerprint density at radius 1 is 1.02 bits per heavy atom. The molecule has 0 unspecified atom stereocenters. The van der Waals surface area contributed by atoms with E-state index < -0.39 is 29.9 Å². The SMILES string of the molecule is NC(=O)c1nn(CC(=O)N2C[C@H](F)C[C@H]2C(=O)N[C@H]2CCCC[C@@H]2OCc2ccccc2)c2ccc(-c3ccnnc3)cc12. The van der Waals surface area contributed by atoms with Gasteiger partial charge >= 0.3 is 0 Å². The number of halogens is 1. The number of fused-ring (bicyclic) bond motifs is 1. The molecule has 2 aromatic heterocycles. The average molecular weight is 600 g/mol. The fourth-order valence-corrected chi connectivity index (χ4v) is 6.17. The summed E-state index contributed by atoms with van der Waals surface area (Å²) in [6, 6.07) is 15.7. The Hall–Kier alpha value is -4.71. The number of nitrogens with zero attached hydrogens (tertiary/aromatic N) is 5. The molecule has 4 aromatic rings. The van der Waals surface area contributed by atoms with E-state index in [-0.39, 0.29) is 37.4 Å². The van der Waals surface area contributed by atoms with Gasteiger partial charge in [-0.1, -0.05) is 49.2 Å². The van der Waals surface area contributed by atoms with Gasteiger partial charge in [-0.25, -0.2) is 4.39 Å². The van der Waals surface area contributed by atoms with E-state index in [1.54, 1.807) is 30.6 Å². The Bertz CT molecular complexity index is 1650. The molecule has 12 heteroatoms. The van der Waals surface area contributed by atoms with Crippen LogP contribution >= 0.6 is 0 Å². The van der Waals surface area contributed by atoms with Gasteiger partial charge in [0.1, 0.15) is 18.8 Å². The fourth-order valence-electron chi connectivity index (χ4n) is 6.17. The molecule has 1 aliphatic heterocycles. The van der Waals surface area contributed by atoms with Gasteiger partial charge in [0.05, 0.1) is 43.2 Å². The van der Waals surface area contributed by atoms with Crippen molar-refractivity contribution in [2.45, 2.75) is 69.6 Å². The summed E-state index contributed by atoms with van der Waals surface area (Å²) in [5, 5.41) is 15.6. The summed E-state index contributed by atoms with van der Waals surface area (Å²) in [4.78, 5) is 40.6. The maximum Gasteiger partial charge on any atom is 0.269 e. The van der Waals surface area contributed by atoms with E-state index in [1.165, 1.54) is 9.58 Å². The highest BCUT2D eigenvalue weighted by molar-refractivity contribution is 6.05. The molecule has 1 saturated heterocycles. The van der Waals surface area contributed by atoms with Crippen LogP contribution in [0, 0.1) is 0 Å². The molecule has 2 aromatic carbocycles.